The van der Waals surface area contributed by atoms with Crippen LogP contribution in [-0.4, -0.2) is 36.4 Å². The second kappa shape index (κ2) is 5.81. The summed E-state index contributed by atoms with van der Waals surface area (Å²) in [6.07, 6.45) is 2.38. The summed E-state index contributed by atoms with van der Waals surface area (Å²) in [5.74, 6) is -0.304. The zero-order valence-corrected chi connectivity index (χ0v) is 11.5. The fourth-order valence-electron chi connectivity index (χ4n) is 2.51. The summed E-state index contributed by atoms with van der Waals surface area (Å²) in [4.78, 5) is 25.6. The minimum absolute atomic E-state index is 0.245. The highest BCUT2D eigenvalue weighted by Gasteiger charge is 2.32. The average Bonchev–Trinajstić information content (AvgIpc) is 2.46. The van der Waals surface area contributed by atoms with E-state index in [0.717, 1.165) is 12.8 Å². The van der Waals surface area contributed by atoms with Crippen molar-refractivity contribution >= 4 is 17.5 Å². The van der Waals surface area contributed by atoms with E-state index in [-0.39, 0.29) is 5.91 Å². The van der Waals surface area contributed by atoms with Gasteiger partial charge in [0, 0.05) is 18.3 Å². The lowest BCUT2D eigenvalue weighted by Crippen LogP contribution is -2.50. The van der Waals surface area contributed by atoms with E-state index >= 15 is 0 Å². The molecular weight excluding hydrogens is 258 g/mol. The highest BCUT2D eigenvalue weighted by atomic mass is 16.5. The molecule has 108 valence electrons. The van der Waals surface area contributed by atoms with Crippen molar-refractivity contribution in [3.8, 4) is 5.75 Å². The molecule has 6 heteroatoms. The van der Waals surface area contributed by atoms with Crippen LogP contribution in [0.1, 0.15) is 29.6 Å². The number of rotatable bonds is 3. The van der Waals surface area contributed by atoms with Gasteiger partial charge in [0.15, 0.2) is 0 Å². The third-order valence-corrected chi connectivity index (χ3v) is 3.55. The topological polar surface area (TPSA) is 98.7 Å². The van der Waals surface area contributed by atoms with E-state index in [0.29, 0.717) is 30.0 Å². The average molecular weight is 277 g/mol. The number of nitrogens with zero attached hydrogens (tertiary/aromatic N) is 1. The van der Waals surface area contributed by atoms with Crippen molar-refractivity contribution in [1.29, 1.82) is 0 Å². The standard InChI is InChI=1S/C14H19N3O3/c1-20-12-8-9(15)5-6-10(12)14(19)17-7-3-2-4-11(17)13(16)18/h5-6,8,11H,2-4,7,15H2,1H3,(H2,16,18). The normalized spacial score (nSPS) is 18.6. The van der Waals surface area contributed by atoms with Gasteiger partial charge in [0.05, 0.1) is 12.7 Å². The molecule has 0 saturated carbocycles. The monoisotopic (exact) mass is 277 g/mol. The SMILES string of the molecule is COc1cc(N)ccc1C(=O)N1CCCCC1C(N)=O. The number of piperidine rings is 1. The summed E-state index contributed by atoms with van der Waals surface area (Å²) in [6.45, 7) is 0.528. The van der Waals surface area contributed by atoms with E-state index in [1.807, 2.05) is 0 Å². The number of nitrogen functional groups attached to an aromatic ring is 1. The van der Waals surface area contributed by atoms with Gasteiger partial charge in [-0.25, -0.2) is 0 Å². The van der Waals surface area contributed by atoms with Crippen LogP contribution >= 0.6 is 0 Å². The summed E-state index contributed by atoms with van der Waals surface area (Å²) in [5.41, 5.74) is 12.0. The first kappa shape index (κ1) is 14.2. The van der Waals surface area contributed by atoms with Gasteiger partial charge in [0.2, 0.25) is 5.91 Å². The van der Waals surface area contributed by atoms with E-state index in [9.17, 15) is 9.59 Å². The molecule has 1 aromatic carbocycles. The molecule has 1 heterocycles. The van der Waals surface area contributed by atoms with E-state index in [1.54, 1.807) is 18.2 Å². The summed E-state index contributed by atoms with van der Waals surface area (Å²) in [6, 6.07) is 4.30. The molecule has 1 unspecified atom stereocenters. The second-order valence-corrected chi connectivity index (χ2v) is 4.87. The van der Waals surface area contributed by atoms with Crippen LogP contribution in [0, 0.1) is 0 Å². The van der Waals surface area contributed by atoms with Crippen LogP contribution in [0.15, 0.2) is 18.2 Å². The summed E-state index contributed by atoms with van der Waals surface area (Å²) >= 11 is 0. The number of benzene rings is 1. The summed E-state index contributed by atoms with van der Waals surface area (Å²) < 4.78 is 5.19. The Balaban J connectivity index is 2.32. The van der Waals surface area contributed by atoms with Crippen molar-refractivity contribution < 1.29 is 14.3 Å². The quantitative estimate of drug-likeness (QED) is 0.797. The Morgan fingerprint density at radius 1 is 1.35 bits per heavy atom. The van der Waals surface area contributed by atoms with Crippen LogP contribution in [0.25, 0.3) is 0 Å². The van der Waals surface area contributed by atoms with E-state index in [2.05, 4.69) is 0 Å². The molecule has 0 aromatic heterocycles. The van der Waals surface area contributed by atoms with Crippen LogP contribution < -0.4 is 16.2 Å². The minimum Gasteiger partial charge on any atom is -0.496 e. The zero-order valence-electron chi connectivity index (χ0n) is 11.5. The van der Waals surface area contributed by atoms with Crippen molar-refractivity contribution in [1.82, 2.24) is 4.90 Å². The number of nitrogens with two attached hydrogens (primary N) is 2. The second-order valence-electron chi connectivity index (χ2n) is 4.87. The van der Waals surface area contributed by atoms with E-state index < -0.39 is 11.9 Å². The van der Waals surface area contributed by atoms with Gasteiger partial charge in [-0.05, 0) is 31.4 Å². The molecule has 1 atom stereocenters. The van der Waals surface area contributed by atoms with Gasteiger partial charge in [0.25, 0.3) is 5.91 Å². The van der Waals surface area contributed by atoms with Crippen molar-refractivity contribution in [2.24, 2.45) is 5.73 Å². The number of amides is 2. The zero-order chi connectivity index (χ0) is 14.7. The maximum absolute atomic E-state index is 12.6. The van der Waals surface area contributed by atoms with Crippen molar-refractivity contribution in [2.75, 3.05) is 19.4 Å². The maximum atomic E-state index is 12.6. The number of hydrogen-bond acceptors (Lipinski definition) is 4. The van der Waals surface area contributed by atoms with Gasteiger partial charge >= 0.3 is 0 Å². The first-order valence-electron chi connectivity index (χ1n) is 6.58. The first-order valence-corrected chi connectivity index (χ1v) is 6.58. The van der Waals surface area contributed by atoms with Crippen LogP contribution in [0.2, 0.25) is 0 Å². The van der Waals surface area contributed by atoms with E-state index in [4.69, 9.17) is 16.2 Å². The number of ether oxygens (including phenoxy) is 1. The molecule has 2 rings (SSSR count). The van der Waals surface area contributed by atoms with Gasteiger partial charge in [-0.1, -0.05) is 0 Å². The van der Waals surface area contributed by atoms with Crippen LogP contribution in [0.5, 0.6) is 5.75 Å². The molecule has 0 spiro atoms. The largest absolute Gasteiger partial charge is 0.496 e. The predicted octanol–water partition coefficient (Wildman–Crippen LogP) is 0.757. The highest BCUT2D eigenvalue weighted by Crippen LogP contribution is 2.26. The fourth-order valence-corrected chi connectivity index (χ4v) is 2.51. The number of hydrogen-bond donors (Lipinski definition) is 2. The number of primary amides is 1. The Morgan fingerprint density at radius 2 is 2.10 bits per heavy atom. The lowest BCUT2D eigenvalue weighted by Gasteiger charge is -2.34. The molecule has 1 fully saturated rings. The highest BCUT2D eigenvalue weighted by molar-refractivity contribution is 6.00. The number of likely N-dealkylation sites (tertiary alicyclic amines) is 1. The molecule has 2 amide bonds. The summed E-state index contributed by atoms with van der Waals surface area (Å²) in [7, 11) is 1.48. The molecule has 1 aromatic rings. The van der Waals surface area contributed by atoms with Gasteiger partial charge in [-0.15, -0.1) is 0 Å². The third kappa shape index (κ3) is 2.68. The van der Waals surface area contributed by atoms with Crippen LogP contribution in [0.4, 0.5) is 5.69 Å². The molecular formula is C14H19N3O3. The molecule has 4 N–H and O–H groups in total. The van der Waals surface area contributed by atoms with Crippen molar-refractivity contribution in [3.05, 3.63) is 23.8 Å². The smallest absolute Gasteiger partial charge is 0.258 e. The molecule has 1 saturated heterocycles. The minimum atomic E-state index is -0.543. The fraction of sp³-hybridized carbons (Fsp3) is 0.429. The lowest BCUT2D eigenvalue weighted by atomic mass is 10.00. The third-order valence-electron chi connectivity index (χ3n) is 3.55. The number of carbonyl (C=O) groups excluding carboxylic acids is 2. The van der Waals surface area contributed by atoms with Crippen molar-refractivity contribution in [3.63, 3.8) is 0 Å². The van der Waals surface area contributed by atoms with Gasteiger partial charge in [-0.2, -0.15) is 0 Å². The molecule has 0 aliphatic carbocycles. The van der Waals surface area contributed by atoms with Gasteiger partial charge < -0.3 is 21.1 Å². The van der Waals surface area contributed by atoms with E-state index in [1.165, 1.54) is 12.0 Å². The maximum Gasteiger partial charge on any atom is 0.258 e. The Morgan fingerprint density at radius 3 is 2.75 bits per heavy atom. The first-order chi connectivity index (χ1) is 9.54. The van der Waals surface area contributed by atoms with Crippen molar-refractivity contribution in [2.45, 2.75) is 25.3 Å². The summed E-state index contributed by atoms with van der Waals surface area (Å²) in [5, 5.41) is 0. The molecule has 0 radical (unpaired) electrons. The Bertz CT molecular complexity index is 530. The Kier molecular flexibility index (Phi) is 4.12. The van der Waals surface area contributed by atoms with Gasteiger partial charge in [-0.3, -0.25) is 9.59 Å². The van der Waals surface area contributed by atoms with Crippen LogP contribution in [-0.2, 0) is 4.79 Å². The molecule has 1 aliphatic rings. The molecule has 0 bridgehead atoms. The Labute approximate surface area is 117 Å². The molecule has 6 nitrogen and oxygen atoms in total. The number of methoxy groups -OCH3 is 1. The predicted molar refractivity (Wildman–Crippen MR) is 75.3 cm³/mol. The number of carbonyl (C=O) groups is 2. The Hall–Kier alpha value is -2.24. The lowest BCUT2D eigenvalue weighted by molar-refractivity contribution is -0.123. The van der Waals surface area contributed by atoms with Crippen LogP contribution in [0.3, 0.4) is 0 Å². The molecule has 1 aliphatic heterocycles. The number of anilines is 1. The van der Waals surface area contributed by atoms with Gasteiger partial charge in [0.1, 0.15) is 11.8 Å². The molecule has 20 heavy (non-hydrogen) atoms.